The Labute approximate surface area is 159 Å². The molecule has 0 saturated heterocycles. The van der Waals surface area contributed by atoms with E-state index in [9.17, 15) is 4.79 Å². The van der Waals surface area contributed by atoms with Crippen LogP contribution in [0.4, 0.5) is 0 Å². The highest BCUT2D eigenvalue weighted by Crippen LogP contribution is 2.26. The van der Waals surface area contributed by atoms with Crippen molar-refractivity contribution in [2.45, 2.75) is 19.0 Å². The minimum absolute atomic E-state index is 0.0283. The Bertz CT molecular complexity index is 803. The third kappa shape index (κ3) is 4.40. The molecule has 1 aromatic heterocycles. The molecule has 1 heterocycles. The zero-order valence-electron chi connectivity index (χ0n) is 15.1. The molecule has 0 aliphatic rings. The van der Waals surface area contributed by atoms with E-state index >= 15 is 0 Å². The van der Waals surface area contributed by atoms with E-state index in [0.29, 0.717) is 6.54 Å². The molecule has 0 unspecified atom stereocenters. The number of thiophene rings is 1. The number of hydrogen-bond donors (Lipinski definition) is 1. The van der Waals surface area contributed by atoms with Crippen LogP contribution < -0.4 is 5.32 Å². The van der Waals surface area contributed by atoms with Gasteiger partial charge in [0.25, 0.3) is 0 Å². The molecule has 0 aliphatic carbocycles. The summed E-state index contributed by atoms with van der Waals surface area (Å²) >= 11 is 1.70. The highest BCUT2D eigenvalue weighted by molar-refractivity contribution is 7.10. The molecule has 3 aromatic rings. The second-order valence-electron chi connectivity index (χ2n) is 6.33. The zero-order valence-corrected chi connectivity index (χ0v) is 15.9. The van der Waals surface area contributed by atoms with Crippen molar-refractivity contribution < 1.29 is 4.79 Å². The third-order valence-electron chi connectivity index (χ3n) is 4.67. The van der Waals surface area contributed by atoms with Gasteiger partial charge in [-0.25, -0.2) is 0 Å². The Morgan fingerprint density at radius 1 is 0.962 bits per heavy atom. The van der Waals surface area contributed by atoms with Crippen molar-refractivity contribution in [1.29, 1.82) is 0 Å². The van der Waals surface area contributed by atoms with Gasteiger partial charge in [-0.1, -0.05) is 66.7 Å². The van der Waals surface area contributed by atoms with Gasteiger partial charge in [0, 0.05) is 11.9 Å². The lowest BCUT2D eigenvalue weighted by atomic mass is 10.1. The van der Waals surface area contributed by atoms with Crippen LogP contribution in [-0.4, -0.2) is 24.4 Å². The standard InChI is InChI=1S/C22H24N2OS/c1-17(18-10-5-3-6-11-18)24(2)21(25)16-23-22(20-14-9-15-26-20)19-12-7-4-8-13-19/h3-15,17,22-23H,16H2,1-2H3/t17-,22+/m0/s1. The van der Waals surface area contributed by atoms with Crippen molar-refractivity contribution in [3.8, 4) is 0 Å². The number of carbonyl (C=O) groups excluding carboxylic acids is 1. The van der Waals surface area contributed by atoms with Crippen LogP contribution in [0.1, 0.15) is 35.0 Å². The minimum Gasteiger partial charge on any atom is -0.338 e. The summed E-state index contributed by atoms with van der Waals surface area (Å²) in [6.45, 7) is 2.35. The predicted molar refractivity (Wildman–Crippen MR) is 108 cm³/mol. The second kappa shape index (κ2) is 8.79. The first-order valence-electron chi connectivity index (χ1n) is 8.79. The van der Waals surface area contributed by atoms with Gasteiger partial charge in [0.05, 0.1) is 18.6 Å². The summed E-state index contributed by atoms with van der Waals surface area (Å²) < 4.78 is 0. The van der Waals surface area contributed by atoms with Gasteiger partial charge < -0.3 is 4.90 Å². The SMILES string of the molecule is C[C@@H](c1ccccc1)N(C)C(=O)CN[C@H](c1ccccc1)c1cccs1. The summed E-state index contributed by atoms with van der Waals surface area (Å²) in [5.74, 6) is 0.0823. The Morgan fingerprint density at radius 3 is 2.15 bits per heavy atom. The molecule has 3 rings (SSSR count). The van der Waals surface area contributed by atoms with Gasteiger partial charge in [0.2, 0.25) is 5.91 Å². The number of carbonyl (C=O) groups is 1. The van der Waals surface area contributed by atoms with Crippen molar-refractivity contribution in [2.24, 2.45) is 0 Å². The summed E-state index contributed by atoms with van der Waals surface area (Å²) in [7, 11) is 1.87. The van der Waals surface area contributed by atoms with Crippen LogP contribution in [0.5, 0.6) is 0 Å². The van der Waals surface area contributed by atoms with Crippen molar-refractivity contribution in [1.82, 2.24) is 10.2 Å². The number of likely N-dealkylation sites (N-methyl/N-ethyl adjacent to an activating group) is 1. The van der Waals surface area contributed by atoms with Gasteiger partial charge in [-0.3, -0.25) is 10.1 Å². The number of nitrogens with zero attached hydrogens (tertiary/aromatic N) is 1. The fourth-order valence-corrected chi connectivity index (χ4v) is 3.80. The molecule has 3 nitrogen and oxygen atoms in total. The number of hydrogen-bond acceptors (Lipinski definition) is 3. The van der Waals surface area contributed by atoms with Gasteiger partial charge in [0.1, 0.15) is 0 Å². The Balaban J connectivity index is 1.68. The summed E-state index contributed by atoms with van der Waals surface area (Å²) in [5, 5.41) is 5.51. The number of rotatable bonds is 7. The Morgan fingerprint density at radius 2 is 1.58 bits per heavy atom. The zero-order chi connectivity index (χ0) is 18.4. The lowest BCUT2D eigenvalue weighted by molar-refractivity contribution is -0.130. The number of amides is 1. The largest absolute Gasteiger partial charge is 0.338 e. The molecular formula is C22H24N2OS. The summed E-state index contributed by atoms with van der Waals surface area (Å²) in [6.07, 6.45) is 0. The van der Waals surface area contributed by atoms with E-state index in [1.54, 1.807) is 16.2 Å². The third-order valence-corrected chi connectivity index (χ3v) is 5.61. The maximum absolute atomic E-state index is 12.7. The van der Waals surface area contributed by atoms with Crippen LogP contribution >= 0.6 is 11.3 Å². The molecule has 0 radical (unpaired) electrons. The van der Waals surface area contributed by atoms with Gasteiger partial charge in [-0.2, -0.15) is 0 Å². The Kier molecular flexibility index (Phi) is 6.21. The van der Waals surface area contributed by atoms with Gasteiger partial charge in [0.15, 0.2) is 0 Å². The fraction of sp³-hybridized carbons (Fsp3) is 0.227. The molecule has 1 N–H and O–H groups in total. The van der Waals surface area contributed by atoms with E-state index in [2.05, 4.69) is 48.0 Å². The van der Waals surface area contributed by atoms with E-state index < -0.39 is 0 Å². The van der Waals surface area contributed by atoms with Crippen LogP contribution in [0.2, 0.25) is 0 Å². The first-order chi connectivity index (χ1) is 12.7. The molecular weight excluding hydrogens is 340 g/mol. The Hall–Kier alpha value is -2.43. The maximum Gasteiger partial charge on any atom is 0.236 e. The molecule has 134 valence electrons. The van der Waals surface area contributed by atoms with Crippen LogP contribution in [0.3, 0.4) is 0 Å². The highest BCUT2D eigenvalue weighted by atomic mass is 32.1. The maximum atomic E-state index is 12.7. The molecule has 0 bridgehead atoms. The molecule has 2 aromatic carbocycles. The highest BCUT2D eigenvalue weighted by Gasteiger charge is 2.20. The monoisotopic (exact) mass is 364 g/mol. The molecule has 4 heteroatoms. The van der Waals surface area contributed by atoms with Crippen LogP contribution in [0.15, 0.2) is 78.2 Å². The summed E-state index contributed by atoms with van der Waals surface area (Å²) in [6, 6.07) is 24.6. The van der Waals surface area contributed by atoms with E-state index in [1.807, 2.05) is 49.5 Å². The fourth-order valence-electron chi connectivity index (χ4n) is 2.97. The quantitative estimate of drug-likeness (QED) is 0.662. The van der Waals surface area contributed by atoms with Gasteiger partial charge in [-0.15, -0.1) is 11.3 Å². The van der Waals surface area contributed by atoms with Crippen LogP contribution in [0.25, 0.3) is 0 Å². The first-order valence-corrected chi connectivity index (χ1v) is 9.67. The first kappa shape index (κ1) is 18.4. The smallest absolute Gasteiger partial charge is 0.236 e. The van der Waals surface area contributed by atoms with Crippen molar-refractivity contribution >= 4 is 17.2 Å². The predicted octanol–water partition coefficient (Wildman–Crippen LogP) is 4.65. The van der Waals surface area contributed by atoms with Gasteiger partial charge in [-0.05, 0) is 29.5 Å². The lowest BCUT2D eigenvalue weighted by Crippen LogP contribution is -2.38. The summed E-state index contributed by atoms with van der Waals surface area (Å²) in [5.41, 5.74) is 2.31. The van der Waals surface area contributed by atoms with Crippen molar-refractivity contribution in [2.75, 3.05) is 13.6 Å². The number of benzene rings is 2. The van der Waals surface area contributed by atoms with Crippen LogP contribution in [-0.2, 0) is 4.79 Å². The normalized spacial score (nSPS) is 13.2. The average molecular weight is 365 g/mol. The molecule has 1 amide bonds. The molecule has 0 fully saturated rings. The topological polar surface area (TPSA) is 32.3 Å². The van der Waals surface area contributed by atoms with E-state index in [4.69, 9.17) is 0 Å². The van der Waals surface area contributed by atoms with E-state index in [0.717, 1.165) is 5.56 Å². The molecule has 0 aliphatic heterocycles. The molecule has 26 heavy (non-hydrogen) atoms. The minimum atomic E-state index is 0.0283. The number of nitrogens with one attached hydrogen (secondary N) is 1. The second-order valence-corrected chi connectivity index (χ2v) is 7.31. The van der Waals surface area contributed by atoms with E-state index in [1.165, 1.54) is 10.4 Å². The average Bonchev–Trinajstić information content (AvgIpc) is 3.23. The molecule has 0 spiro atoms. The summed E-state index contributed by atoms with van der Waals surface area (Å²) in [4.78, 5) is 15.7. The van der Waals surface area contributed by atoms with Crippen LogP contribution in [0, 0.1) is 0 Å². The van der Waals surface area contributed by atoms with Crippen molar-refractivity contribution in [3.05, 3.63) is 94.2 Å². The molecule has 0 saturated carbocycles. The van der Waals surface area contributed by atoms with E-state index in [-0.39, 0.29) is 18.0 Å². The van der Waals surface area contributed by atoms with Gasteiger partial charge >= 0.3 is 0 Å². The lowest BCUT2D eigenvalue weighted by Gasteiger charge is -2.27. The molecule has 2 atom stereocenters. The van der Waals surface area contributed by atoms with Crippen molar-refractivity contribution in [3.63, 3.8) is 0 Å².